The summed E-state index contributed by atoms with van der Waals surface area (Å²) in [5, 5.41) is 8.65. The zero-order valence-electron chi connectivity index (χ0n) is 10.4. The lowest BCUT2D eigenvalue weighted by atomic mass is 10.3. The Kier molecular flexibility index (Phi) is 5.66. The Labute approximate surface area is 107 Å². The minimum atomic E-state index is 0.492. The summed E-state index contributed by atoms with van der Waals surface area (Å²) in [7, 11) is 0. The minimum Gasteiger partial charge on any atom is -0.308 e. The van der Waals surface area contributed by atoms with Gasteiger partial charge in [0, 0.05) is 24.9 Å². The van der Waals surface area contributed by atoms with Crippen molar-refractivity contribution in [3.05, 3.63) is 16.4 Å². The summed E-state index contributed by atoms with van der Waals surface area (Å²) in [5.74, 6) is 1.11. The number of halogens is 1. The maximum absolute atomic E-state index is 6.22. The normalized spacial score (nSPS) is 13.1. The fourth-order valence-electron chi connectivity index (χ4n) is 1.62. The molecule has 16 heavy (non-hydrogen) atoms. The van der Waals surface area contributed by atoms with Crippen LogP contribution in [-0.2, 0) is 13.1 Å². The Balaban J connectivity index is 2.65. The summed E-state index contributed by atoms with van der Waals surface area (Å²) in [4.78, 5) is 0. The van der Waals surface area contributed by atoms with Crippen molar-refractivity contribution in [2.75, 3.05) is 12.0 Å². The zero-order chi connectivity index (χ0) is 12.1. The molecule has 0 aliphatic carbocycles. The summed E-state index contributed by atoms with van der Waals surface area (Å²) < 4.78 is 1.97. The Bertz CT molecular complexity index is 338. The van der Waals surface area contributed by atoms with Gasteiger partial charge in [-0.05, 0) is 27.0 Å². The smallest absolute Gasteiger partial charge is 0.0860 e. The van der Waals surface area contributed by atoms with Crippen molar-refractivity contribution in [3.8, 4) is 0 Å². The molecule has 3 nitrogen and oxygen atoms in total. The molecule has 1 aromatic heterocycles. The van der Waals surface area contributed by atoms with Crippen molar-refractivity contribution in [1.82, 2.24) is 15.1 Å². The molecule has 0 bridgehead atoms. The third kappa shape index (κ3) is 3.40. The zero-order valence-corrected chi connectivity index (χ0v) is 12.0. The SMILES string of the molecule is CCn1nc(C)c(Cl)c1CNC(C)CSC. The van der Waals surface area contributed by atoms with E-state index in [9.17, 15) is 0 Å². The van der Waals surface area contributed by atoms with Gasteiger partial charge in [0.25, 0.3) is 0 Å². The molecule has 0 amide bonds. The third-order valence-corrected chi connectivity index (χ3v) is 3.81. The molecular formula is C11H20ClN3S. The lowest BCUT2D eigenvalue weighted by Gasteiger charge is -2.13. The van der Waals surface area contributed by atoms with E-state index in [-0.39, 0.29) is 0 Å². The number of nitrogens with one attached hydrogen (secondary N) is 1. The van der Waals surface area contributed by atoms with Gasteiger partial charge in [-0.1, -0.05) is 11.6 Å². The first-order valence-electron chi connectivity index (χ1n) is 5.54. The van der Waals surface area contributed by atoms with Gasteiger partial charge in [-0.25, -0.2) is 0 Å². The molecule has 1 heterocycles. The van der Waals surface area contributed by atoms with E-state index in [1.807, 2.05) is 23.4 Å². The average Bonchev–Trinajstić information content (AvgIpc) is 2.53. The van der Waals surface area contributed by atoms with Crippen LogP contribution in [0.5, 0.6) is 0 Å². The Hall–Kier alpha value is -0.190. The monoisotopic (exact) mass is 261 g/mol. The van der Waals surface area contributed by atoms with Crippen molar-refractivity contribution >= 4 is 23.4 Å². The van der Waals surface area contributed by atoms with Crippen molar-refractivity contribution in [3.63, 3.8) is 0 Å². The van der Waals surface area contributed by atoms with Gasteiger partial charge < -0.3 is 5.32 Å². The third-order valence-electron chi connectivity index (χ3n) is 2.49. The van der Waals surface area contributed by atoms with Crippen molar-refractivity contribution in [1.29, 1.82) is 0 Å². The molecule has 0 spiro atoms. The first-order valence-corrected chi connectivity index (χ1v) is 7.31. The number of nitrogens with zero attached hydrogens (tertiary/aromatic N) is 2. The van der Waals surface area contributed by atoms with Crippen LogP contribution in [0.1, 0.15) is 25.2 Å². The van der Waals surface area contributed by atoms with Crippen LogP contribution in [0.15, 0.2) is 0 Å². The topological polar surface area (TPSA) is 29.9 Å². The van der Waals surface area contributed by atoms with E-state index < -0.39 is 0 Å². The number of rotatable bonds is 6. The highest BCUT2D eigenvalue weighted by Crippen LogP contribution is 2.20. The van der Waals surface area contributed by atoms with Crippen LogP contribution >= 0.6 is 23.4 Å². The summed E-state index contributed by atoms with van der Waals surface area (Å²) in [6.45, 7) is 7.86. The first-order chi connectivity index (χ1) is 7.60. The van der Waals surface area contributed by atoms with Gasteiger partial charge in [0.1, 0.15) is 0 Å². The fraction of sp³-hybridized carbons (Fsp3) is 0.727. The molecule has 1 atom stereocenters. The molecule has 1 aromatic rings. The first kappa shape index (κ1) is 13.9. The molecular weight excluding hydrogens is 242 g/mol. The van der Waals surface area contributed by atoms with Gasteiger partial charge in [0.15, 0.2) is 0 Å². The van der Waals surface area contributed by atoms with Gasteiger partial charge >= 0.3 is 0 Å². The van der Waals surface area contributed by atoms with Gasteiger partial charge in [0.05, 0.1) is 16.4 Å². The Morgan fingerprint density at radius 1 is 1.56 bits per heavy atom. The highest BCUT2D eigenvalue weighted by atomic mass is 35.5. The predicted molar refractivity (Wildman–Crippen MR) is 72.3 cm³/mol. The molecule has 0 aliphatic heterocycles. The van der Waals surface area contributed by atoms with Crippen LogP contribution in [0.2, 0.25) is 5.02 Å². The molecule has 1 unspecified atom stereocenters. The van der Waals surface area contributed by atoms with Crippen molar-refractivity contribution in [2.24, 2.45) is 0 Å². The van der Waals surface area contributed by atoms with Crippen LogP contribution in [0, 0.1) is 6.92 Å². The van der Waals surface area contributed by atoms with E-state index in [2.05, 4.69) is 30.5 Å². The highest BCUT2D eigenvalue weighted by molar-refractivity contribution is 7.98. The molecule has 0 aliphatic rings. The molecule has 0 saturated carbocycles. The van der Waals surface area contributed by atoms with E-state index in [1.165, 1.54) is 0 Å². The van der Waals surface area contributed by atoms with Crippen LogP contribution in [0.3, 0.4) is 0 Å². The van der Waals surface area contributed by atoms with E-state index in [1.54, 1.807) is 0 Å². The standard InChI is InChI=1S/C11H20ClN3S/c1-5-15-10(11(12)9(3)14-15)6-13-8(2)7-16-4/h8,13H,5-7H2,1-4H3. The maximum atomic E-state index is 6.22. The lowest BCUT2D eigenvalue weighted by molar-refractivity contribution is 0.543. The molecule has 0 fully saturated rings. The number of aromatic nitrogens is 2. The Morgan fingerprint density at radius 2 is 2.25 bits per heavy atom. The van der Waals surface area contributed by atoms with E-state index in [4.69, 9.17) is 11.6 Å². The summed E-state index contributed by atoms with van der Waals surface area (Å²) >= 11 is 8.07. The number of thioether (sulfide) groups is 1. The van der Waals surface area contributed by atoms with Crippen LogP contribution < -0.4 is 5.32 Å². The molecule has 0 aromatic carbocycles. The second-order valence-corrected chi connectivity index (χ2v) is 5.19. The molecule has 0 radical (unpaired) electrons. The molecule has 0 saturated heterocycles. The van der Waals surface area contributed by atoms with Gasteiger partial charge in [-0.3, -0.25) is 4.68 Å². The fourth-order valence-corrected chi connectivity index (χ4v) is 2.44. The molecule has 1 N–H and O–H groups in total. The summed E-state index contributed by atoms with van der Waals surface area (Å²) in [6.07, 6.45) is 2.12. The van der Waals surface area contributed by atoms with Crippen LogP contribution in [0.25, 0.3) is 0 Å². The summed E-state index contributed by atoms with van der Waals surface area (Å²) in [5.41, 5.74) is 2.01. The number of aryl methyl sites for hydroxylation is 2. The van der Waals surface area contributed by atoms with Crippen molar-refractivity contribution in [2.45, 2.75) is 39.9 Å². The second-order valence-electron chi connectivity index (χ2n) is 3.90. The molecule has 5 heteroatoms. The predicted octanol–water partition coefficient (Wildman–Crippen LogP) is 2.71. The minimum absolute atomic E-state index is 0.492. The largest absolute Gasteiger partial charge is 0.308 e. The second kappa shape index (κ2) is 6.52. The summed E-state index contributed by atoms with van der Waals surface area (Å²) in [6, 6.07) is 0.492. The molecule has 92 valence electrons. The van der Waals surface area contributed by atoms with Crippen molar-refractivity contribution < 1.29 is 0 Å². The number of hydrogen-bond donors (Lipinski definition) is 1. The van der Waals surface area contributed by atoms with E-state index in [0.717, 1.165) is 35.3 Å². The molecule has 1 rings (SSSR count). The van der Waals surface area contributed by atoms with E-state index >= 15 is 0 Å². The average molecular weight is 262 g/mol. The Morgan fingerprint density at radius 3 is 2.81 bits per heavy atom. The van der Waals surface area contributed by atoms with Crippen LogP contribution in [0.4, 0.5) is 0 Å². The van der Waals surface area contributed by atoms with Gasteiger partial charge in [-0.15, -0.1) is 0 Å². The van der Waals surface area contributed by atoms with Crippen LogP contribution in [-0.4, -0.2) is 27.8 Å². The van der Waals surface area contributed by atoms with Gasteiger partial charge in [-0.2, -0.15) is 16.9 Å². The maximum Gasteiger partial charge on any atom is 0.0860 e. The lowest BCUT2D eigenvalue weighted by Crippen LogP contribution is -2.28. The van der Waals surface area contributed by atoms with E-state index in [0.29, 0.717) is 6.04 Å². The highest BCUT2D eigenvalue weighted by Gasteiger charge is 2.12. The van der Waals surface area contributed by atoms with Gasteiger partial charge in [0.2, 0.25) is 0 Å². The quantitative estimate of drug-likeness (QED) is 0.854. The number of hydrogen-bond acceptors (Lipinski definition) is 3.